The number of rotatable bonds is 4. The highest BCUT2D eigenvalue weighted by Gasteiger charge is 2.35. The number of aliphatic imine (C=N–C) groups is 1. The summed E-state index contributed by atoms with van der Waals surface area (Å²) >= 11 is 0. The molecule has 176 valence electrons. The molecule has 3 aromatic rings. The average Bonchev–Trinajstić information content (AvgIpc) is 3.03. The minimum Gasteiger partial charge on any atom is -0.462 e. The summed E-state index contributed by atoms with van der Waals surface area (Å²) in [4.78, 5) is 31.7. The molecule has 7 heteroatoms. The predicted molar refractivity (Wildman–Crippen MR) is 134 cm³/mol. The number of ether oxygens (including phenoxy) is 2. The molecule has 0 unspecified atom stereocenters. The van der Waals surface area contributed by atoms with Gasteiger partial charge in [0, 0.05) is 16.8 Å². The van der Waals surface area contributed by atoms with Gasteiger partial charge < -0.3 is 20.1 Å². The second kappa shape index (κ2) is 9.46. The van der Waals surface area contributed by atoms with Gasteiger partial charge in [0.05, 0.1) is 23.9 Å². The van der Waals surface area contributed by atoms with Crippen LogP contribution in [0.25, 0.3) is 0 Å². The highest BCUT2D eigenvalue weighted by Crippen LogP contribution is 2.44. The molecule has 35 heavy (non-hydrogen) atoms. The number of carbonyl (C=O) groups is 2. The Hall–Kier alpha value is -4.39. The lowest BCUT2D eigenvalue weighted by Crippen LogP contribution is -2.39. The van der Waals surface area contributed by atoms with E-state index in [2.05, 4.69) is 10.6 Å². The van der Waals surface area contributed by atoms with Crippen molar-refractivity contribution in [2.45, 2.75) is 26.2 Å². The number of hydrogen-bond acceptors (Lipinski definition) is 6. The monoisotopic (exact) mass is 467 g/mol. The van der Waals surface area contributed by atoms with E-state index in [0.29, 0.717) is 29.3 Å². The number of anilines is 1. The number of allylic oxidation sites excluding steroid dienone is 1. The van der Waals surface area contributed by atoms with Gasteiger partial charge in [-0.25, -0.2) is 9.79 Å². The summed E-state index contributed by atoms with van der Waals surface area (Å²) in [5.41, 5.74) is 3.69. The average molecular weight is 468 g/mol. The smallest absolute Gasteiger partial charge is 0.343 e. The molecular formula is C28H25N3O4. The molecule has 2 heterocycles. The topological polar surface area (TPSA) is 89.0 Å². The second-order valence-corrected chi connectivity index (χ2v) is 8.13. The third-order valence-corrected chi connectivity index (χ3v) is 5.98. The van der Waals surface area contributed by atoms with Crippen molar-refractivity contribution in [1.29, 1.82) is 0 Å². The van der Waals surface area contributed by atoms with Crippen LogP contribution in [0, 0.1) is 0 Å². The van der Waals surface area contributed by atoms with Crippen LogP contribution in [0.15, 0.2) is 89.1 Å². The van der Waals surface area contributed by atoms with Gasteiger partial charge in [0.25, 0.3) is 0 Å². The van der Waals surface area contributed by atoms with Crippen molar-refractivity contribution in [3.63, 3.8) is 0 Å². The van der Waals surface area contributed by atoms with Crippen molar-refractivity contribution in [2.24, 2.45) is 4.99 Å². The Morgan fingerprint density at radius 3 is 2.23 bits per heavy atom. The normalized spacial score (nSPS) is 14.3. The molecule has 0 saturated carbocycles. The van der Waals surface area contributed by atoms with E-state index in [9.17, 15) is 9.59 Å². The Morgan fingerprint density at radius 2 is 1.57 bits per heavy atom. The fourth-order valence-electron chi connectivity index (χ4n) is 4.38. The molecule has 5 rings (SSSR count). The third kappa shape index (κ3) is 4.17. The molecule has 2 aliphatic heterocycles. The molecule has 0 radical (unpaired) electrons. The van der Waals surface area contributed by atoms with E-state index in [1.54, 1.807) is 6.92 Å². The summed E-state index contributed by atoms with van der Waals surface area (Å²) in [5, 5.41) is 6.27. The van der Waals surface area contributed by atoms with Gasteiger partial charge in [-0.15, -0.1) is 0 Å². The molecule has 1 amide bonds. The van der Waals surface area contributed by atoms with E-state index in [-0.39, 0.29) is 23.9 Å². The van der Waals surface area contributed by atoms with Crippen LogP contribution in [0.2, 0.25) is 0 Å². The lowest BCUT2D eigenvalue weighted by molar-refractivity contribution is -0.137. The van der Waals surface area contributed by atoms with Crippen molar-refractivity contribution in [3.8, 4) is 11.5 Å². The van der Waals surface area contributed by atoms with Crippen molar-refractivity contribution >= 4 is 29.1 Å². The number of benzene rings is 3. The zero-order valence-corrected chi connectivity index (χ0v) is 19.5. The Balaban J connectivity index is 1.61. The lowest BCUT2D eigenvalue weighted by atomic mass is 9.87. The first-order chi connectivity index (χ1) is 17.1. The summed E-state index contributed by atoms with van der Waals surface area (Å²) in [7, 11) is 0. The molecular weight excluding hydrogens is 442 g/mol. The predicted octanol–water partition coefficient (Wildman–Crippen LogP) is 5.42. The summed E-state index contributed by atoms with van der Waals surface area (Å²) in [6, 6.07) is 22.4. The van der Waals surface area contributed by atoms with Gasteiger partial charge >= 0.3 is 5.97 Å². The van der Waals surface area contributed by atoms with Crippen LogP contribution < -0.4 is 15.4 Å². The van der Waals surface area contributed by atoms with Crippen LogP contribution in [0.4, 0.5) is 11.4 Å². The molecule has 7 nitrogen and oxygen atoms in total. The molecule has 0 saturated heterocycles. The van der Waals surface area contributed by atoms with Crippen molar-refractivity contribution < 1.29 is 19.1 Å². The first kappa shape index (κ1) is 22.4. The first-order valence-electron chi connectivity index (χ1n) is 11.6. The van der Waals surface area contributed by atoms with Crippen LogP contribution >= 0.6 is 0 Å². The third-order valence-electron chi connectivity index (χ3n) is 5.98. The summed E-state index contributed by atoms with van der Waals surface area (Å²) in [6.07, 6.45) is 0.514. The fraction of sp³-hybridized carbons (Fsp3) is 0.179. The number of esters is 1. The first-order valence-corrected chi connectivity index (χ1v) is 11.6. The van der Waals surface area contributed by atoms with Gasteiger partial charge in [0.2, 0.25) is 5.91 Å². The number of nitrogens with one attached hydrogen (secondary N) is 2. The highest BCUT2D eigenvalue weighted by atomic mass is 16.5. The maximum absolute atomic E-state index is 13.9. The van der Waals surface area contributed by atoms with Gasteiger partial charge in [-0.05, 0) is 37.6 Å². The van der Waals surface area contributed by atoms with Crippen LogP contribution in [0.5, 0.6) is 11.5 Å². The zero-order chi connectivity index (χ0) is 24.4. The summed E-state index contributed by atoms with van der Waals surface area (Å²) < 4.78 is 11.4. The van der Waals surface area contributed by atoms with Gasteiger partial charge in [-0.3, -0.25) is 4.79 Å². The van der Waals surface area contributed by atoms with E-state index >= 15 is 0 Å². The molecule has 0 atom stereocenters. The molecule has 2 aliphatic rings. The number of para-hydroxylation sites is 4. The number of carbonyl (C=O) groups excluding carboxylic acids is 2. The maximum Gasteiger partial charge on any atom is 0.343 e. The highest BCUT2D eigenvalue weighted by molar-refractivity contribution is 6.25. The Morgan fingerprint density at radius 1 is 0.943 bits per heavy atom. The van der Waals surface area contributed by atoms with Crippen LogP contribution in [0.3, 0.4) is 0 Å². The Bertz CT molecular complexity index is 1330. The number of hydrogen-bond donors (Lipinski definition) is 2. The van der Waals surface area contributed by atoms with Gasteiger partial charge in [0.15, 0.2) is 0 Å². The minimum atomic E-state index is -0.640. The largest absolute Gasteiger partial charge is 0.462 e. The second-order valence-electron chi connectivity index (χ2n) is 8.13. The zero-order valence-electron chi connectivity index (χ0n) is 19.5. The van der Waals surface area contributed by atoms with Gasteiger partial charge in [-0.2, -0.15) is 0 Å². The summed E-state index contributed by atoms with van der Waals surface area (Å²) in [5.74, 6) is -0.101. The molecule has 3 aromatic carbocycles. The van der Waals surface area contributed by atoms with Crippen molar-refractivity contribution in [3.05, 3.63) is 95.2 Å². The van der Waals surface area contributed by atoms with E-state index in [0.717, 1.165) is 16.8 Å². The van der Waals surface area contributed by atoms with Crippen molar-refractivity contribution in [1.82, 2.24) is 5.32 Å². The molecule has 0 aromatic heterocycles. The van der Waals surface area contributed by atoms with E-state index in [1.165, 1.54) is 0 Å². The maximum atomic E-state index is 13.9. The lowest BCUT2D eigenvalue weighted by Gasteiger charge is -2.27. The number of amidine groups is 1. The molecule has 2 N–H and O–H groups in total. The summed E-state index contributed by atoms with van der Waals surface area (Å²) in [6.45, 7) is 3.88. The van der Waals surface area contributed by atoms with E-state index in [1.807, 2.05) is 79.7 Å². The van der Waals surface area contributed by atoms with E-state index < -0.39 is 11.9 Å². The number of fused-ring (bicyclic) bond motifs is 3. The minimum absolute atomic E-state index is 0.157. The van der Waals surface area contributed by atoms with Gasteiger partial charge in [0.1, 0.15) is 22.9 Å². The number of nitrogens with zero attached hydrogens (tertiary/aromatic N) is 1. The van der Waals surface area contributed by atoms with E-state index in [4.69, 9.17) is 14.5 Å². The Kier molecular flexibility index (Phi) is 6.06. The van der Waals surface area contributed by atoms with Crippen molar-refractivity contribution in [2.75, 3.05) is 11.9 Å². The fourth-order valence-corrected chi connectivity index (χ4v) is 4.38. The van der Waals surface area contributed by atoms with Gasteiger partial charge in [-0.1, -0.05) is 55.5 Å². The quantitative estimate of drug-likeness (QED) is 0.500. The SMILES string of the molecule is CCOC(=O)C1=C(CC)Nc2ccccc2N=C1NC(=O)C1c2ccccc2Oc2ccccc21. The Labute approximate surface area is 203 Å². The standard InChI is InChI=1S/C28H25N3O4/c1-3-19-25(28(33)34-4-2)26(30-21-14-8-7-13-20(21)29-19)31-27(32)24-17-11-5-9-15-22(17)35-23-16-10-6-12-18(23)24/h5-16,24,29H,3-4H2,1-2H3,(H,30,31,32). The van der Waals surface area contributed by atoms with Crippen LogP contribution in [-0.2, 0) is 14.3 Å². The molecule has 0 aliphatic carbocycles. The molecule has 0 fully saturated rings. The number of amides is 1. The molecule has 0 bridgehead atoms. The molecule has 0 spiro atoms. The van der Waals surface area contributed by atoms with Crippen LogP contribution in [0.1, 0.15) is 37.3 Å². The van der Waals surface area contributed by atoms with Crippen LogP contribution in [-0.4, -0.2) is 24.3 Å².